The third-order valence-corrected chi connectivity index (χ3v) is 7.10. The van der Waals surface area contributed by atoms with Crippen LogP contribution in [0.5, 0.6) is 0 Å². The molecule has 1 saturated heterocycles. The molecule has 0 unspecified atom stereocenters. The van der Waals surface area contributed by atoms with Gasteiger partial charge in [-0.05, 0) is 57.0 Å². The smallest absolute Gasteiger partial charge is 0.262 e. The Kier molecular flexibility index (Phi) is 7.23. The number of hydrogen-bond acceptors (Lipinski definition) is 5. The maximum Gasteiger partial charge on any atom is 0.262 e. The summed E-state index contributed by atoms with van der Waals surface area (Å²) in [7, 11) is -3.82. The van der Waals surface area contributed by atoms with Crippen LogP contribution < -0.4 is 20.3 Å². The van der Waals surface area contributed by atoms with Gasteiger partial charge in [0.1, 0.15) is 0 Å². The summed E-state index contributed by atoms with van der Waals surface area (Å²) < 4.78 is 29.2. The molecule has 1 heterocycles. The third-order valence-electron chi connectivity index (χ3n) is 5.57. The highest BCUT2D eigenvalue weighted by Crippen LogP contribution is 2.31. The Hall–Kier alpha value is -2.58. The molecule has 1 atom stereocenters. The fraction of sp³-hybridized carbons (Fsp3) is 0.435. The van der Waals surface area contributed by atoms with E-state index in [1.165, 1.54) is 0 Å². The molecule has 0 bridgehead atoms. The minimum absolute atomic E-state index is 0.0377. The first-order valence-electron chi connectivity index (χ1n) is 10.7. The van der Waals surface area contributed by atoms with Crippen LogP contribution in [-0.4, -0.2) is 46.5 Å². The number of piperazine rings is 1. The lowest BCUT2D eigenvalue weighted by Crippen LogP contribution is -2.43. The molecule has 1 aliphatic rings. The monoisotopic (exact) mass is 444 g/mol. The van der Waals surface area contributed by atoms with Gasteiger partial charge < -0.3 is 15.5 Å². The van der Waals surface area contributed by atoms with Crippen LogP contribution in [0, 0.1) is 13.8 Å². The minimum Gasteiger partial charge on any atom is -0.367 e. The zero-order valence-corrected chi connectivity index (χ0v) is 19.5. The highest BCUT2D eigenvalue weighted by Gasteiger charge is 2.22. The van der Waals surface area contributed by atoms with E-state index < -0.39 is 10.0 Å². The number of hydrogen-bond donors (Lipinski definition) is 3. The van der Waals surface area contributed by atoms with Crippen molar-refractivity contribution in [3.05, 3.63) is 53.1 Å². The summed E-state index contributed by atoms with van der Waals surface area (Å²) >= 11 is 0. The van der Waals surface area contributed by atoms with Crippen molar-refractivity contribution >= 4 is 27.3 Å². The maximum absolute atomic E-state index is 13.2. The summed E-state index contributed by atoms with van der Waals surface area (Å²) in [6.45, 7) is 10.8. The van der Waals surface area contributed by atoms with E-state index in [2.05, 4.69) is 20.3 Å². The topological polar surface area (TPSA) is 90.5 Å². The molecule has 3 N–H and O–H groups in total. The SMILES string of the molecule is CC[C@H](C)NC(=O)c1ccc(N2CCNCC2)c(NS(=O)(=O)c2ccc(C)cc2C)c1. The quantitative estimate of drug-likeness (QED) is 0.611. The summed E-state index contributed by atoms with van der Waals surface area (Å²) in [5.41, 5.74) is 3.30. The molecule has 0 radical (unpaired) electrons. The third kappa shape index (κ3) is 5.57. The van der Waals surface area contributed by atoms with Gasteiger partial charge in [0.2, 0.25) is 0 Å². The maximum atomic E-state index is 13.2. The summed E-state index contributed by atoms with van der Waals surface area (Å²) in [6.07, 6.45) is 0.816. The van der Waals surface area contributed by atoms with Gasteiger partial charge in [0.15, 0.2) is 0 Å². The Labute approximate surface area is 185 Å². The van der Waals surface area contributed by atoms with E-state index in [1.54, 1.807) is 31.2 Å². The van der Waals surface area contributed by atoms with Crippen molar-refractivity contribution in [3.8, 4) is 0 Å². The van der Waals surface area contributed by atoms with Crippen LogP contribution in [0.25, 0.3) is 0 Å². The van der Waals surface area contributed by atoms with Crippen LogP contribution in [0.4, 0.5) is 11.4 Å². The summed E-state index contributed by atoms with van der Waals surface area (Å²) in [4.78, 5) is 15.0. The molecule has 168 valence electrons. The number of carbonyl (C=O) groups excluding carboxylic acids is 1. The van der Waals surface area contributed by atoms with Gasteiger partial charge in [0.25, 0.3) is 15.9 Å². The summed E-state index contributed by atoms with van der Waals surface area (Å²) in [6, 6.07) is 10.5. The van der Waals surface area contributed by atoms with Gasteiger partial charge in [0.05, 0.1) is 16.3 Å². The molecule has 0 spiro atoms. The van der Waals surface area contributed by atoms with E-state index in [0.717, 1.165) is 43.9 Å². The number of sulfonamides is 1. The van der Waals surface area contributed by atoms with E-state index in [0.29, 0.717) is 16.8 Å². The Morgan fingerprint density at radius 2 is 1.84 bits per heavy atom. The molecule has 0 aromatic heterocycles. The lowest BCUT2D eigenvalue weighted by Gasteiger charge is -2.31. The van der Waals surface area contributed by atoms with Gasteiger partial charge in [-0.1, -0.05) is 24.6 Å². The average Bonchev–Trinajstić information content (AvgIpc) is 2.73. The second-order valence-corrected chi connectivity index (χ2v) is 9.78. The molecule has 2 aromatic rings. The first-order valence-corrected chi connectivity index (χ1v) is 12.2. The van der Waals surface area contributed by atoms with E-state index in [-0.39, 0.29) is 16.8 Å². The van der Waals surface area contributed by atoms with Gasteiger partial charge in [-0.3, -0.25) is 9.52 Å². The van der Waals surface area contributed by atoms with Crippen LogP contribution in [-0.2, 0) is 10.0 Å². The zero-order chi connectivity index (χ0) is 22.6. The molecule has 1 aliphatic heterocycles. The molecule has 31 heavy (non-hydrogen) atoms. The standard InChI is InChI=1S/C23H32N4O3S/c1-5-18(4)25-23(28)19-7-8-21(27-12-10-24-11-13-27)20(15-19)26-31(29,30)22-9-6-16(2)14-17(22)3/h6-9,14-15,18,24,26H,5,10-13H2,1-4H3,(H,25,28)/t18-/m0/s1. The first-order chi connectivity index (χ1) is 14.7. The lowest BCUT2D eigenvalue weighted by molar-refractivity contribution is 0.0939. The van der Waals surface area contributed by atoms with Crippen LogP contribution in [0.15, 0.2) is 41.3 Å². The molecular formula is C23H32N4O3S. The number of benzene rings is 2. The number of aryl methyl sites for hydroxylation is 2. The van der Waals surface area contributed by atoms with E-state index >= 15 is 0 Å². The van der Waals surface area contributed by atoms with Crippen molar-refractivity contribution in [2.45, 2.75) is 45.1 Å². The molecule has 0 saturated carbocycles. The van der Waals surface area contributed by atoms with Crippen LogP contribution in [0.3, 0.4) is 0 Å². The van der Waals surface area contributed by atoms with Crippen molar-refractivity contribution in [3.63, 3.8) is 0 Å². The van der Waals surface area contributed by atoms with E-state index in [4.69, 9.17) is 0 Å². The summed E-state index contributed by atoms with van der Waals surface area (Å²) in [5, 5.41) is 6.25. The average molecular weight is 445 g/mol. The molecule has 1 fully saturated rings. The van der Waals surface area contributed by atoms with Gasteiger partial charge in [-0.25, -0.2) is 8.42 Å². The van der Waals surface area contributed by atoms with Gasteiger partial charge in [0, 0.05) is 37.8 Å². The molecule has 0 aliphatic carbocycles. The van der Waals surface area contributed by atoms with E-state index in [1.807, 2.05) is 32.9 Å². The van der Waals surface area contributed by atoms with Crippen molar-refractivity contribution in [2.75, 3.05) is 35.8 Å². The number of nitrogens with one attached hydrogen (secondary N) is 3. The molecule has 7 nitrogen and oxygen atoms in total. The fourth-order valence-electron chi connectivity index (χ4n) is 3.65. The van der Waals surface area contributed by atoms with E-state index in [9.17, 15) is 13.2 Å². The number of amides is 1. The Balaban J connectivity index is 1.99. The highest BCUT2D eigenvalue weighted by molar-refractivity contribution is 7.92. The predicted octanol–water partition coefficient (Wildman–Crippen LogP) is 3.04. The lowest BCUT2D eigenvalue weighted by atomic mass is 10.1. The van der Waals surface area contributed by atoms with Crippen LogP contribution in [0.1, 0.15) is 41.8 Å². The predicted molar refractivity (Wildman–Crippen MR) is 125 cm³/mol. The largest absolute Gasteiger partial charge is 0.367 e. The fourth-order valence-corrected chi connectivity index (χ4v) is 4.94. The molecular weight excluding hydrogens is 412 g/mol. The zero-order valence-electron chi connectivity index (χ0n) is 18.7. The normalized spacial score (nSPS) is 15.4. The van der Waals surface area contributed by atoms with Crippen LogP contribution >= 0.6 is 0 Å². The Morgan fingerprint density at radius 1 is 1.13 bits per heavy atom. The van der Waals surface area contributed by atoms with Gasteiger partial charge in [-0.15, -0.1) is 0 Å². The Bertz CT molecular complexity index is 1050. The van der Waals surface area contributed by atoms with Crippen molar-refractivity contribution < 1.29 is 13.2 Å². The number of carbonyl (C=O) groups is 1. The van der Waals surface area contributed by atoms with Crippen molar-refractivity contribution in [2.24, 2.45) is 0 Å². The van der Waals surface area contributed by atoms with Crippen molar-refractivity contribution in [1.29, 1.82) is 0 Å². The minimum atomic E-state index is -3.82. The summed E-state index contributed by atoms with van der Waals surface area (Å²) in [5.74, 6) is -0.215. The van der Waals surface area contributed by atoms with Gasteiger partial charge in [-0.2, -0.15) is 0 Å². The molecule has 8 heteroatoms. The van der Waals surface area contributed by atoms with Crippen molar-refractivity contribution in [1.82, 2.24) is 10.6 Å². The number of nitrogens with zero attached hydrogens (tertiary/aromatic N) is 1. The molecule has 2 aromatic carbocycles. The van der Waals surface area contributed by atoms with Crippen LogP contribution in [0.2, 0.25) is 0 Å². The first kappa shape index (κ1) is 23.1. The number of anilines is 2. The second kappa shape index (κ2) is 9.70. The van der Waals surface area contributed by atoms with Gasteiger partial charge >= 0.3 is 0 Å². The number of rotatable bonds is 7. The Morgan fingerprint density at radius 3 is 2.48 bits per heavy atom. The molecule has 3 rings (SSSR count). The highest BCUT2D eigenvalue weighted by atomic mass is 32.2. The second-order valence-electron chi connectivity index (χ2n) is 8.13. The molecule has 1 amide bonds.